The Morgan fingerprint density at radius 2 is 1.91 bits per heavy atom. The zero-order valence-corrected chi connectivity index (χ0v) is 13.5. The van der Waals surface area contributed by atoms with Crippen LogP contribution in [0.25, 0.3) is 0 Å². The number of piperidine rings is 1. The highest BCUT2D eigenvalue weighted by Gasteiger charge is 2.33. The van der Waals surface area contributed by atoms with Gasteiger partial charge in [0.15, 0.2) is 0 Å². The van der Waals surface area contributed by atoms with Gasteiger partial charge in [0.05, 0.1) is 7.11 Å². The molecule has 0 bridgehead atoms. The van der Waals surface area contributed by atoms with Gasteiger partial charge in [0, 0.05) is 25.6 Å². The zero-order chi connectivity index (χ0) is 16.8. The van der Waals surface area contributed by atoms with E-state index in [4.69, 9.17) is 4.74 Å². The fraction of sp³-hybridized carbons (Fsp3) is 0.471. The fourth-order valence-electron chi connectivity index (χ4n) is 2.71. The molecule has 1 aliphatic rings. The van der Waals surface area contributed by atoms with Gasteiger partial charge in [-0.2, -0.15) is 0 Å². The van der Waals surface area contributed by atoms with Gasteiger partial charge in [-0.1, -0.05) is 12.1 Å². The first-order valence-corrected chi connectivity index (χ1v) is 7.75. The molecule has 1 atom stereocenters. The molecule has 0 aromatic heterocycles. The molecule has 1 N–H and O–H groups in total. The van der Waals surface area contributed by atoms with Crippen LogP contribution in [0.15, 0.2) is 24.3 Å². The molecular formula is C17H22N2O4. The standard InChI is InChI=1S/C17H22N2O4/c1-12(20)18-11-13-6-8-14(9-7-13)16(21)19-10-4-3-5-15(19)17(22)23-2/h6-9,15H,3-5,10-11H2,1-2H3,(H,18,20). The number of benzene rings is 1. The molecule has 0 spiro atoms. The number of amides is 2. The van der Waals surface area contributed by atoms with Crippen molar-refractivity contribution < 1.29 is 19.1 Å². The Morgan fingerprint density at radius 1 is 1.22 bits per heavy atom. The second-order valence-corrected chi connectivity index (χ2v) is 5.64. The Bertz CT molecular complexity index is 583. The number of rotatable bonds is 4. The maximum absolute atomic E-state index is 12.7. The number of carbonyl (C=O) groups excluding carboxylic acids is 3. The molecule has 1 fully saturated rings. The van der Waals surface area contributed by atoms with Crippen LogP contribution in [0.4, 0.5) is 0 Å². The molecule has 1 unspecified atom stereocenters. The largest absolute Gasteiger partial charge is 0.467 e. The van der Waals surface area contributed by atoms with Gasteiger partial charge in [0.2, 0.25) is 5.91 Å². The second kappa shape index (κ2) is 7.76. The zero-order valence-electron chi connectivity index (χ0n) is 13.5. The number of ether oxygens (including phenoxy) is 1. The van der Waals surface area contributed by atoms with Crippen molar-refractivity contribution in [1.29, 1.82) is 0 Å². The van der Waals surface area contributed by atoms with Gasteiger partial charge >= 0.3 is 5.97 Å². The molecule has 1 aliphatic heterocycles. The molecule has 0 radical (unpaired) electrons. The van der Waals surface area contributed by atoms with Crippen LogP contribution in [0.5, 0.6) is 0 Å². The van der Waals surface area contributed by atoms with Crippen LogP contribution in [0.2, 0.25) is 0 Å². The van der Waals surface area contributed by atoms with Gasteiger partial charge < -0.3 is 15.0 Å². The van der Waals surface area contributed by atoms with E-state index in [0.717, 1.165) is 18.4 Å². The topological polar surface area (TPSA) is 75.7 Å². The smallest absolute Gasteiger partial charge is 0.328 e. The van der Waals surface area contributed by atoms with E-state index < -0.39 is 6.04 Å². The summed E-state index contributed by atoms with van der Waals surface area (Å²) in [4.78, 5) is 37.0. The molecular weight excluding hydrogens is 296 g/mol. The molecule has 6 nitrogen and oxygen atoms in total. The number of carbonyl (C=O) groups is 3. The number of hydrogen-bond acceptors (Lipinski definition) is 4. The number of esters is 1. The van der Waals surface area contributed by atoms with Gasteiger partial charge in [-0.25, -0.2) is 4.79 Å². The summed E-state index contributed by atoms with van der Waals surface area (Å²) in [6, 6.07) is 6.56. The van der Waals surface area contributed by atoms with Gasteiger partial charge in [-0.15, -0.1) is 0 Å². The molecule has 1 saturated heterocycles. The van der Waals surface area contributed by atoms with Crippen LogP contribution in [0.3, 0.4) is 0 Å². The summed E-state index contributed by atoms with van der Waals surface area (Å²) in [6.07, 6.45) is 2.44. The van der Waals surface area contributed by atoms with E-state index in [0.29, 0.717) is 25.1 Å². The van der Waals surface area contributed by atoms with Crippen molar-refractivity contribution in [3.63, 3.8) is 0 Å². The van der Waals surface area contributed by atoms with Crippen LogP contribution < -0.4 is 5.32 Å². The molecule has 1 aromatic carbocycles. The lowest BCUT2D eigenvalue weighted by molar-refractivity contribution is -0.147. The van der Waals surface area contributed by atoms with Crippen LogP contribution in [-0.2, 0) is 20.9 Å². The van der Waals surface area contributed by atoms with Crippen molar-refractivity contribution in [3.05, 3.63) is 35.4 Å². The third-order valence-electron chi connectivity index (χ3n) is 3.98. The lowest BCUT2D eigenvalue weighted by atomic mass is 10.0. The van der Waals surface area contributed by atoms with Crippen molar-refractivity contribution in [1.82, 2.24) is 10.2 Å². The lowest BCUT2D eigenvalue weighted by Gasteiger charge is -2.33. The molecule has 2 amide bonds. The predicted octanol–water partition coefficient (Wildman–Crippen LogP) is 1.49. The quantitative estimate of drug-likeness (QED) is 0.854. The summed E-state index contributed by atoms with van der Waals surface area (Å²) in [7, 11) is 1.34. The van der Waals surface area contributed by atoms with Crippen molar-refractivity contribution in [2.75, 3.05) is 13.7 Å². The van der Waals surface area contributed by atoms with Crippen LogP contribution in [-0.4, -0.2) is 42.4 Å². The van der Waals surface area contributed by atoms with Crippen LogP contribution in [0.1, 0.15) is 42.1 Å². The van der Waals surface area contributed by atoms with E-state index in [9.17, 15) is 14.4 Å². The van der Waals surface area contributed by atoms with Gasteiger partial charge in [0.25, 0.3) is 5.91 Å². The number of methoxy groups -OCH3 is 1. The Labute approximate surface area is 135 Å². The van der Waals surface area contributed by atoms with Gasteiger partial charge in [-0.3, -0.25) is 9.59 Å². The maximum atomic E-state index is 12.7. The molecule has 124 valence electrons. The molecule has 1 aromatic rings. The van der Waals surface area contributed by atoms with Crippen molar-refractivity contribution in [2.45, 2.75) is 38.8 Å². The van der Waals surface area contributed by atoms with E-state index in [2.05, 4.69) is 5.32 Å². The SMILES string of the molecule is COC(=O)C1CCCCN1C(=O)c1ccc(CNC(C)=O)cc1. The van der Waals surface area contributed by atoms with E-state index >= 15 is 0 Å². The number of likely N-dealkylation sites (tertiary alicyclic amines) is 1. The van der Waals surface area contributed by atoms with E-state index in [1.807, 2.05) is 0 Å². The third-order valence-corrected chi connectivity index (χ3v) is 3.98. The second-order valence-electron chi connectivity index (χ2n) is 5.64. The Morgan fingerprint density at radius 3 is 2.52 bits per heavy atom. The summed E-state index contributed by atoms with van der Waals surface area (Å²) < 4.78 is 4.81. The molecule has 0 saturated carbocycles. The first-order chi connectivity index (χ1) is 11.0. The monoisotopic (exact) mass is 318 g/mol. The predicted molar refractivity (Wildman–Crippen MR) is 84.7 cm³/mol. The number of nitrogens with one attached hydrogen (secondary N) is 1. The fourth-order valence-corrected chi connectivity index (χ4v) is 2.71. The summed E-state index contributed by atoms with van der Waals surface area (Å²) in [6.45, 7) is 2.45. The van der Waals surface area contributed by atoms with Gasteiger partial charge in [-0.05, 0) is 37.0 Å². The summed E-state index contributed by atoms with van der Waals surface area (Å²) in [5.74, 6) is -0.620. The minimum Gasteiger partial charge on any atom is -0.467 e. The Kier molecular flexibility index (Phi) is 5.73. The first kappa shape index (κ1) is 17.0. The van der Waals surface area contributed by atoms with E-state index in [-0.39, 0.29) is 17.8 Å². The van der Waals surface area contributed by atoms with E-state index in [1.165, 1.54) is 14.0 Å². The van der Waals surface area contributed by atoms with Gasteiger partial charge in [0.1, 0.15) is 6.04 Å². The average Bonchev–Trinajstić information content (AvgIpc) is 2.59. The van der Waals surface area contributed by atoms with Crippen LogP contribution >= 0.6 is 0 Å². The van der Waals surface area contributed by atoms with E-state index in [1.54, 1.807) is 29.2 Å². The van der Waals surface area contributed by atoms with Crippen molar-refractivity contribution in [2.24, 2.45) is 0 Å². The summed E-state index contributed by atoms with van der Waals surface area (Å²) in [5, 5.41) is 2.71. The minimum atomic E-state index is -0.500. The Hall–Kier alpha value is -2.37. The first-order valence-electron chi connectivity index (χ1n) is 7.75. The molecule has 1 heterocycles. The molecule has 0 aliphatic carbocycles. The van der Waals surface area contributed by atoms with Crippen molar-refractivity contribution >= 4 is 17.8 Å². The number of hydrogen-bond donors (Lipinski definition) is 1. The average molecular weight is 318 g/mol. The van der Waals surface area contributed by atoms with Crippen LogP contribution in [0, 0.1) is 0 Å². The maximum Gasteiger partial charge on any atom is 0.328 e. The van der Waals surface area contributed by atoms with Crippen molar-refractivity contribution in [3.8, 4) is 0 Å². The summed E-state index contributed by atoms with van der Waals surface area (Å²) in [5.41, 5.74) is 1.45. The number of nitrogens with zero attached hydrogens (tertiary/aromatic N) is 1. The molecule has 6 heteroatoms. The lowest BCUT2D eigenvalue weighted by Crippen LogP contribution is -2.48. The third kappa shape index (κ3) is 4.31. The highest BCUT2D eigenvalue weighted by molar-refractivity contribution is 5.97. The normalized spacial score (nSPS) is 17.5. The minimum absolute atomic E-state index is 0.0978. The highest BCUT2D eigenvalue weighted by atomic mass is 16.5. The molecule has 23 heavy (non-hydrogen) atoms. The Balaban J connectivity index is 2.08. The molecule has 2 rings (SSSR count). The summed E-state index contributed by atoms with van der Waals surface area (Å²) >= 11 is 0. The highest BCUT2D eigenvalue weighted by Crippen LogP contribution is 2.21.